The van der Waals surface area contributed by atoms with Crippen LogP contribution in [0.1, 0.15) is 35.2 Å². The van der Waals surface area contributed by atoms with Crippen LogP contribution in [-0.2, 0) is 0 Å². The maximum Gasteiger partial charge on any atom is 0.133 e. The Morgan fingerprint density at radius 2 is 1.90 bits per heavy atom. The van der Waals surface area contributed by atoms with Gasteiger partial charge in [0.1, 0.15) is 5.75 Å². The summed E-state index contributed by atoms with van der Waals surface area (Å²) in [5.41, 5.74) is 5.11. The molecule has 0 radical (unpaired) electrons. The summed E-state index contributed by atoms with van der Waals surface area (Å²) in [6.45, 7) is 6.95. The fourth-order valence-corrected chi connectivity index (χ4v) is 3.05. The first-order valence-electron chi connectivity index (χ1n) is 7.23. The van der Waals surface area contributed by atoms with Gasteiger partial charge in [-0.2, -0.15) is 0 Å². The average molecular weight is 348 g/mol. The molecule has 2 aromatic carbocycles. The van der Waals surface area contributed by atoms with Crippen LogP contribution in [0, 0.1) is 13.8 Å². The van der Waals surface area contributed by atoms with Crippen molar-refractivity contribution in [1.29, 1.82) is 0 Å². The van der Waals surface area contributed by atoms with Crippen molar-refractivity contribution < 1.29 is 4.74 Å². The van der Waals surface area contributed by atoms with Crippen LogP contribution in [0.2, 0.25) is 0 Å². The predicted octanol–water partition coefficient (Wildman–Crippen LogP) is 4.77. The summed E-state index contributed by atoms with van der Waals surface area (Å²) in [5, 5.41) is 3.42. The second-order valence-electron chi connectivity index (χ2n) is 5.20. The molecule has 2 aromatic rings. The zero-order valence-electron chi connectivity index (χ0n) is 13.0. The van der Waals surface area contributed by atoms with Crippen LogP contribution >= 0.6 is 15.9 Å². The highest BCUT2D eigenvalue weighted by atomic mass is 79.9. The Morgan fingerprint density at radius 1 is 1.14 bits per heavy atom. The Morgan fingerprint density at radius 3 is 2.52 bits per heavy atom. The summed E-state index contributed by atoms with van der Waals surface area (Å²) in [6.07, 6.45) is 0. The van der Waals surface area contributed by atoms with Gasteiger partial charge in [0, 0.05) is 0 Å². The first-order chi connectivity index (χ1) is 10.1. The maximum atomic E-state index is 5.59. The summed E-state index contributed by atoms with van der Waals surface area (Å²) in [4.78, 5) is 0. The van der Waals surface area contributed by atoms with Crippen molar-refractivity contribution in [2.24, 2.45) is 0 Å². The van der Waals surface area contributed by atoms with Crippen molar-refractivity contribution in [3.63, 3.8) is 0 Å². The highest BCUT2D eigenvalue weighted by molar-refractivity contribution is 9.10. The van der Waals surface area contributed by atoms with Gasteiger partial charge < -0.3 is 10.1 Å². The van der Waals surface area contributed by atoms with Crippen LogP contribution in [0.25, 0.3) is 0 Å². The summed E-state index contributed by atoms with van der Waals surface area (Å²) in [6, 6.07) is 13.0. The van der Waals surface area contributed by atoms with Gasteiger partial charge in [0.15, 0.2) is 0 Å². The van der Waals surface area contributed by atoms with E-state index < -0.39 is 0 Å². The number of hydrogen-bond acceptors (Lipinski definition) is 2. The smallest absolute Gasteiger partial charge is 0.133 e. The van der Waals surface area contributed by atoms with E-state index >= 15 is 0 Å². The minimum absolute atomic E-state index is 0.178. The fraction of sp³-hybridized carbons (Fsp3) is 0.333. The number of aryl methyl sites for hydroxylation is 2. The molecule has 0 heterocycles. The third kappa shape index (κ3) is 3.66. The standard InChI is InChI=1S/C18H22BrNO/c1-5-21-17-9-8-14(11-16(17)19)18(20-4)15-10-12(2)6-7-13(15)3/h6-11,18,20H,5H2,1-4H3. The molecule has 0 amide bonds. The topological polar surface area (TPSA) is 21.3 Å². The van der Waals surface area contributed by atoms with Crippen molar-refractivity contribution in [1.82, 2.24) is 5.32 Å². The van der Waals surface area contributed by atoms with Gasteiger partial charge in [0.25, 0.3) is 0 Å². The summed E-state index contributed by atoms with van der Waals surface area (Å²) in [5.74, 6) is 0.886. The zero-order valence-corrected chi connectivity index (χ0v) is 14.6. The molecule has 0 saturated heterocycles. The Hall–Kier alpha value is -1.32. The van der Waals surface area contributed by atoms with E-state index in [1.807, 2.05) is 20.0 Å². The number of ether oxygens (including phenoxy) is 1. The number of benzene rings is 2. The summed E-state index contributed by atoms with van der Waals surface area (Å²) >= 11 is 3.60. The fourth-order valence-electron chi connectivity index (χ4n) is 2.54. The molecular formula is C18H22BrNO. The molecule has 21 heavy (non-hydrogen) atoms. The van der Waals surface area contributed by atoms with Crippen molar-refractivity contribution in [2.45, 2.75) is 26.8 Å². The normalized spacial score (nSPS) is 12.2. The van der Waals surface area contributed by atoms with E-state index in [0.717, 1.165) is 10.2 Å². The minimum atomic E-state index is 0.178. The lowest BCUT2D eigenvalue weighted by Gasteiger charge is -2.21. The second kappa shape index (κ2) is 7.10. The highest BCUT2D eigenvalue weighted by Gasteiger charge is 2.16. The lowest BCUT2D eigenvalue weighted by Crippen LogP contribution is -2.19. The van der Waals surface area contributed by atoms with E-state index in [1.165, 1.54) is 22.3 Å². The molecule has 0 saturated carbocycles. The SMILES string of the molecule is CCOc1ccc(C(NC)c2cc(C)ccc2C)cc1Br. The largest absolute Gasteiger partial charge is 0.493 e. The molecule has 0 bridgehead atoms. The number of hydrogen-bond donors (Lipinski definition) is 1. The molecule has 112 valence electrons. The minimum Gasteiger partial charge on any atom is -0.493 e. The van der Waals surface area contributed by atoms with Crippen LogP contribution in [0.15, 0.2) is 40.9 Å². The van der Waals surface area contributed by atoms with Gasteiger partial charge in [0.2, 0.25) is 0 Å². The first-order valence-corrected chi connectivity index (χ1v) is 8.02. The van der Waals surface area contributed by atoms with Crippen molar-refractivity contribution in [3.05, 3.63) is 63.1 Å². The van der Waals surface area contributed by atoms with Gasteiger partial charge >= 0.3 is 0 Å². The van der Waals surface area contributed by atoms with E-state index in [9.17, 15) is 0 Å². The lowest BCUT2D eigenvalue weighted by atomic mass is 9.93. The molecule has 0 aliphatic carbocycles. The van der Waals surface area contributed by atoms with Crippen molar-refractivity contribution in [2.75, 3.05) is 13.7 Å². The molecule has 0 fully saturated rings. The van der Waals surface area contributed by atoms with Gasteiger partial charge in [0.05, 0.1) is 17.1 Å². The molecule has 1 atom stereocenters. The van der Waals surface area contributed by atoms with Crippen LogP contribution < -0.4 is 10.1 Å². The predicted molar refractivity (Wildman–Crippen MR) is 92.1 cm³/mol. The van der Waals surface area contributed by atoms with Gasteiger partial charge in [-0.25, -0.2) is 0 Å². The Bertz CT molecular complexity index is 625. The molecular weight excluding hydrogens is 326 g/mol. The van der Waals surface area contributed by atoms with E-state index in [-0.39, 0.29) is 6.04 Å². The first kappa shape index (κ1) is 16.1. The molecule has 0 aliphatic heterocycles. The maximum absolute atomic E-state index is 5.59. The quantitative estimate of drug-likeness (QED) is 0.840. The lowest BCUT2D eigenvalue weighted by molar-refractivity contribution is 0.338. The number of nitrogens with one attached hydrogen (secondary N) is 1. The zero-order chi connectivity index (χ0) is 15.4. The van der Waals surface area contributed by atoms with Gasteiger partial charge in [-0.15, -0.1) is 0 Å². The third-order valence-corrected chi connectivity index (χ3v) is 4.24. The number of rotatable bonds is 5. The molecule has 2 nitrogen and oxygen atoms in total. The van der Waals surface area contributed by atoms with Crippen molar-refractivity contribution in [3.8, 4) is 5.75 Å². The molecule has 1 N–H and O–H groups in total. The third-order valence-electron chi connectivity index (χ3n) is 3.62. The molecule has 3 heteroatoms. The van der Waals surface area contributed by atoms with E-state index in [4.69, 9.17) is 4.74 Å². The molecule has 1 unspecified atom stereocenters. The summed E-state index contributed by atoms with van der Waals surface area (Å²) in [7, 11) is 2.00. The van der Waals surface area contributed by atoms with E-state index in [0.29, 0.717) is 6.61 Å². The van der Waals surface area contributed by atoms with Crippen LogP contribution in [0.4, 0.5) is 0 Å². The van der Waals surface area contributed by atoms with Crippen LogP contribution in [0.5, 0.6) is 5.75 Å². The van der Waals surface area contributed by atoms with Crippen LogP contribution in [0.3, 0.4) is 0 Å². The average Bonchev–Trinajstić information content (AvgIpc) is 2.46. The van der Waals surface area contributed by atoms with Gasteiger partial charge in [-0.1, -0.05) is 29.8 Å². The number of halogens is 1. The van der Waals surface area contributed by atoms with Gasteiger partial charge in [-0.3, -0.25) is 0 Å². The van der Waals surface area contributed by atoms with Crippen molar-refractivity contribution >= 4 is 15.9 Å². The Kier molecular flexibility index (Phi) is 5.43. The molecule has 0 aromatic heterocycles. The van der Waals surface area contributed by atoms with E-state index in [1.54, 1.807) is 0 Å². The Balaban J connectivity index is 2.42. The molecule has 0 spiro atoms. The van der Waals surface area contributed by atoms with Crippen LogP contribution in [-0.4, -0.2) is 13.7 Å². The van der Waals surface area contributed by atoms with E-state index in [2.05, 4.69) is 65.4 Å². The second-order valence-corrected chi connectivity index (χ2v) is 6.06. The Labute approximate surface area is 135 Å². The molecule has 2 rings (SSSR count). The summed E-state index contributed by atoms with van der Waals surface area (Å²) < 4.78 is 6.58. The molecule has 0 aliphatic rings. The highest BCUT2D eigenvalue weighted by Crippen LogP contribution is 2.32. The van der Waals surface area contributed by atoms with Gasteiger partial charge in [-0.05, 0) is 72.6 Å². The monoisotopic (exact) mass is 347 g/mol.